The summed E-state index contributed by atoms with van der Waals surface area (Å²) >= 11 is 5.64. The Labute approximate surface area is 150 Å². The minimum absolute atomic E-state index is 0.107. The van der Waals surface area contributed by atoms with E-state index < -0.39 is 5.97 Å². The number of benzene rings is 1. The van der Waals surface area contributed by atoms with E-state index in [1.165, 1.54) is 18.3 Å². The van der Waals surface area contributed by atoms with Gasteiger partial charge in [0, 0.05) is 23.4 Å². The Morgan fingerprint density at radius 1 is 1.08 bits per heavy atom. The predicted octanol–water partition coefficient (Wildman–Crippen LogP) is 3.37. The van der Waals surface area contributed by atoms with Crippen LogP contribution in [0.15, 0.2) is 42.6 Å². The summed E-state index contributed by atoms with van der Waals surface area (Å²) in [6.07, 6.45) is 1.28. The van der Waals surface area contributed by atoms with Gasteiger partial charge in [-0.1, -0.05) is 25.4 Å². The summed E-state index contributed by atoms with van der Waals surface area (Å²) in [7, 11) is 0. The van der Waals surface area contributed by atoms with E-state index >= 15 is 0 Å². The molecule has 1 heterocycles. The quantitative estimate of drug-likeness (QED) is 0.485. The van der Waals surface area contributed by atoms with Crippen molar-refractivity contribution in [1.29, 1.82) is 0 Å². The standard InChI is InChI=1S/C18H17ClN2O4/c1-11(2)17(23)21-14-6-3-12(4-7-14)15(22)10-25-18(24)13-5-8-16(19)20-9-13/h3-9,11H,10H2,1-2H3,(H,21,23). The molecule has 1 N–H and O–H groups in total. The maximum Gasteiger partial charge on any atom is 0.340 e. The SMILES string of the molecule is CC(C)C(=O)Nc1ccc(C(=O)COC(=O)c2ccc(Cl)nc2)cc1. The number of amides is 1. The number of esters is 1. The van der Waals surface area contributed by atoms with Crippen LogP contribution in [0, 0.1) is 5.92 Å². The van der Waals surface area contributed by atoms with Gasteiger partial charge in [0.1, 0.15) is 5.15 Å². The van der Waals surface area contributed by atoms with Gasteiger partial charge in [-0.2, -0.15) is 0 Å². The third-order valence-electron chi connectivity index (χ3n) is 3.30. The Balaban J connectivity index is 1.91. The lowest BCUT2D eigenvalue weighted by molar-refractivity contribution is -0.118. The van der Waals surface area contributed by atoms with Crippen molar-refractivity contribution in [2.75, 3.05) is 11.9 Å². The van der Waals surface area contributed by atoms with Gasteiger partial charge in [0.15, 0.2) is 12.4 Å². The maximum atomic E-state index is 12.1. The molecule has 6 nitrogen and oxygen atoms in total. The number of carbonyl (C=O) groups is 3. The molecule has 0 fully saturated rings. The molecule has 1 amide bonds. The molecule has 0 atom stereocenters. The molecule has 0 aliphatic heterocycles. The number of nitrogens with zero attached hydrogens (tertiary/aromatic N) is 1. The number of anilines is 1. The normalized spacial score (nSPS) is 10.4. The first kappa shape index (κ1) is 18.6. The molecule has 7 heteroatoms. The van der Waals surface area contributed by atoms with Gasteiger partial charge in [-0.25, -0.2) is 9.78 Å². The fourth-order valence-electron chi connectivity index (χ4n) is 1.82. The fraction of sp³-hybridized carbons (Fsp3) is 0.222. The molecule has 0 spiro atoms. The Morgan fingerprint density at radius 2 is 1.72 bits per heavy atom. The highest BCUT2D eigenvalue weighted by Crippen LogP contribution is 2.12. The van der Waals surface area contributed by atoms with E-state index in [-0.39, 0.29) is 34.9 Å². The van der Waals surface area contributed by atoms with Crippen molar-refractivity contribution in [2.24, 2.45) is 5.92 Å². The molecular formula is C18H17ClN2O4. The molecule has 0 aliphatic rings. The highest BCUT2D eigenvalue weighted by atomic mass is 35.5. The molecule has 25 heavy (non-hydrogen) atoms. The molecule has 0 radical (unpaired) electrons. The van der Waals surface area contributed by atoms with Crippen LogP contribution < -0.4 is 5.32 Å². The molecule has 1 aromatic carbocycles. The van der Waals surface area contributed by atoms with Crippen molar-refractivity contribution in [3.05, 3.63) is 58.9 Å². The van der Waals surface area contributed by atoms with E-state index in [1.54, 1.807) is 38.1 Å². The average Bonchev–Trinajstić information content (AvgIpc) is 2.60. The van der Waals surface area contributed by atoms with E-state index in [0.717, 1.165) is 0 Å². The molecule has 0 aliphatic carbocycles. The first-order chi connectivity index (χ1) is 11.9. The van der Waals surface area contributed by atoms with Gasteiger partial charge < -0.3 is 10.1 Å². The first-order valence-corrected chi connectivity index (χ1v) is 7.97. The van der Waals surface area contributed by atoms with Crippen molar-refractivity contribution >= 4 is 34.9 Å². The molecule has 0 unspecified atom stereocenters. The Hall–Kier alpha value is -2.73. The van der Waals surface area contributed by atoms with Crippen LogP contribution in [0.1, 0.15) is 34.6 Å². The van der Waals surface area contributed by atoms with Crippen molar-refractivity contribution in [3.8, 4) is 0 Å². The van der Waals surface area contributed by atoms with Gasteiger partial charge in [-0.15, -0.1) is 0 Å². The number of carbonyl (C=O) groups excluding carboxylic acids is 3. The summed E-state index contributed by atoms with van der Waals surface area (Å²) in [4.78, 5) is 39.3. The number of aromatic nitrogens is 1. The van der Waals surface area contributed by atoms with Gasteiger partial charge >= 0.3 is 5.97 Å². The predicted molar refractivity (Wildman–Crippen MR) is 93.8 cm³/mol. The van der Waals surface area contributed by atoms with Crippen LogP contribution in [0.3, 0.4) is 0 Å². The smallest absolute Gasteiger partial charge is 0.340 e. The number of nitrogens with one attached hydrogen (secondary N) is 1. The highest BCUT2D eigenvalue weighted by molar-refractivity contribution is 6.29. The van der Waals surface area contributed by atoms with Gasteiger partial charge in [-0.3, -0.25) is 9.59 Å². The minimum Gasteiger partial charge on any atom is -0.454 e. The second-order valence-corrected chi connectivity index (χ2v) is 5.98. The number of halogens is 1. The van der Waals surface area contributed by atoms with Crippen LogP contribution in [-0.4, -0.2) is 29.3 Å². The minimum atomic E-state index is -0.654. The molecule has 0 saturated heterocycles. The molecule has 0 saturated carbocycles. The largest absolute Gasteiger partial charge is 0.454 e. The summed E-state index contributed by atoms with van der Waals surface area (Å²) < 4.78 is 4.97. The van der Waals surface area contributed by atoms with Crippen molar-refractivity contribution in [3.63, 3.8) is 0 Å². The van der Waals surface area contributed by atoms with Crippen molar-refractivity contribution < 1.29 is 19.1 Å². The number of hydrogen-bond acceptors (Lipinski definition) is 5. The van der Waals surface area contributed by atoms with E-state index in [9.17, 15) is 14.4 Å². The van der Waals surface area contributed by atoms with Crippen LogP contribution in [0.4, 0.5) is 5.69 Å². The summed E-state index contributed by atoms with van der Waals surface area (Å²) in [5.74, 6) is -1.25. The third kappa shape index (κ3) is 5.39. The van der Waals surface area contributed by atoms with Crippen LogP contribution in [0.25, 0.3) is 0 Å². The van der Waals surface area contributed by atoms with Crippen molar-refractivity contribution in [1.82, 2.24) is 4.98 Å². The van der Waals surface area contributed by atoms with E-state index in [2.05, 4.69) is 10.3 Å². The zero-order valence-corrected chi connectivity index (χ0v) is 14.5. The summed E-state index contributed by atoms with van der Waals surface area (Å²) in [5.41, 5.74) is 1.19. The monoisotopic (exact) mass is 360 g/mol. The Morgan fingerprint density at radius 3 is 2.28 bits per heavy atom. The van der Waals surface area contributed by atoms with Crippen LogP contribution >= 0.6 is 11.6 Å². The first-order valence-electron chi connectivity index (χ1n) is 7.59. The average molecular weight is 361 g/mol. The van der Waals surface area contributed by atoms with Crippen molar-refractivity contribution in [2.45, 2.75) is 13.8 Å². The molecule has 130 valence electrons. The molecular weight excluding hydrogens is 344 g/mol. The van der Waals surface area contributed by atoms with Crippen LogP contribution in [0.5, 0.6) is 0 Å². The molecule has 2 aromatic rings. The molecule has 2 rings (SSSR count). The fourth-order valence-corrected chi connectivity index (χ4v) is 1.93. The van der Waals surface area contributed by atoms with Gasteiger partial charge in [0.2, 0.25) is 5.91 Å². The Kier molecular flexibility index (Phi) is 6.25. The summed E-state index contributed by atoms with van der Waals surface area (Å²) in [6, 6.07) is 9.31. The number of ketones is 1. The number of rotatable bonds is 6. The number of hydrogen-bond donors (Lipinski definition) is 1. The topological polar surface area (TPSA) is 85.4 Å². The van der Waals surface area contributed by atoms with Crippen LogP contribution in [0.2, 0.25) is 5.15 Å². The van der Waals surface area contributed by atoms with E-state index in [4.69, 9.17) is 16.3 Å². The lowest BCUT2D eigenvalue weighted by Crippen LogP contribution is -2.18. The zero-order chi connectivity index (χ0) is 18.4. The number of Topliss-reactive ketones (excluding diaryl/α,β-unsaturated/α-hetero) is 1. The lowest BCUT2D eigenvalue weighted by atomic mass is 10.1. The number of pyridine rings is 1. The van der Waals surface area contributed by atoms with Gasteiger partial charge in [0.05, 0.1) is 5.56 Å². The lowest BCUT2D eigenvalue weighted by Gasteiger charge is -2.08. The second kappa shape index (κ2) is 8.39. The summed E-state index contributed by atoms with van der Waals surface area (Å²) in [6.45, 7) is 3.19. The third-order valence-corrected chi connectivity index (χ3v) is 3.52. The zero-order valence-electron chi connectivity index (χ0n) is 13.8. The molecule has 1 aromatic heterocycles. The van der Waals surface area contributed by atoms with E-state index in [0.29, 0.717) is 11.3 Å². The van der Waals surface area contributed by atoms with Gasteiger partial charge in [-0.05, 0) is 36.4 Å². The second-order valence-electron chi connectivity index (χ2n) is 5.59. The highest BCUT2D eigenvalue weighted by Gasteiger charge is 2.13. The maximum absolute atomic E-state index is 12.1. The van der Waals surface area contributed by atoms with E-state index in [1.807, 2.05) is 0 Å². The van der Waals surface area contributed by atoms with Gasteiger partial charge in [0.25, 0.3) is 0 Å². The number of ether oxygens (including phenoxy) is 1. The Bertz CT molecular complexity index is 771. The van der Waals surface area contributed by atoms with Crippen LogP contribution in [-0.2, 0) is 9.53 Å². The summed E-state index contributed by atoms with van der Waals surface area (Å²) in [5, 5.41) is 2.99. The molecule has 0 bridgehead atoms.